The number of fused-ring (bicyclic) bond motifs is 2. The SMILES string of the molecule is NC(=O)c1cc2[nH]c3cccc(C(F)(F)F)c3c(=O)n2n1. The van der Waals surface area contributed by atoms with E-state index < -0.39 is 28.6 Å². The molecule has 0 unspecified atom stereocenters. The highest BCUT2D eigenvalue weighted by molar-refractivity contribution is 5.92. The number of rotatable bonds is 1. The molecule has 0 aliphatic rings. The Hall–Kier alpha value is -2.84. The molecule has 108 valence electrons. The molecule has 3 aromatic rings. The average Bonchev–Trinajstić information content (AvgIpc) is 2.81. The van der Waals surface area contributed by atoms with Crippen molar-refractivity contribution >= 4 is 22.5 Å². The number of aromatic nitrogens is 3. The number of nitrogens with two attached hydrogens (primary N) is 1. The van der Waals surface area contributed by atoms with Gasteiger partial charge in [0.15, 0.2) is 5.69 Å². The van der Waals surface area contributed by atoms with Crippen molar-refractivity contribution in [3.8, 4) is 0 Å². The average molecular weight is 296 g/mol. The number of hydrogen-bond donors (Lipinski definition) is 2. The zero-order valence-electron chi connectivity index (χ0n) is 10.2. The molecular formula is C12H7F3N4O2. The molecule has 1 amide bonds. The van der Waals surface area contributed by atoms with Gasteiger partial charge in [-0.1, -0.05) is 6.07 Å². The van der Waals surface area contributed by atoms with Crippen LogP contribution in [0.3, 0.4) is 0 Å². The summed E-state index contributed by atoms with van der Waals surface area (Å²) in [5.41, 5.74) is 2.87. The third kappa shape index (κ3) is 1.93. The number of halogens is 3. The van der Waals surface area contributed by atoms with E-state index in [0.29, 0.717) is 4.52 Å². The largest absolute Gasteiger partial charge is 0.417 e. The van der Waals surface area contributed by atoms with E-state index in [1.54, 1.807) is 0 Å². The van der Waals surface area contributed by atoms with Crippen molar-refractivity contribution in [3.63, 3.8) is 0 Å². The molecule has 0 fully saturated rings. The first kappa shape index (κ1) is 13.2. The summed E-state index contributed by atoms with van der Waals surface area (Å²) in [5, 5.41) is 3.07. The topological polar surface area (TPSA) is 93.2 Å². The Labute approximate surface area is 114 Å². The molecule has 3 N–H and O–H groups in total. The van der Waals surface area contributed by atoms with E-state index in [-0.39, 0.29) is 16.9 Å². The van der Waals surface area contributed by atoms with Crippen LogP contribution >= 0.6 is 0 Å². The number of amides is 1. The van der Waals surface area contributed by atoms with E-state index in [0.717, 1.165) is 6.07 Å². The van der Waals surface area contributed by atoms with Crippen LogP contribution in [0.2, 0.25) is 0 Å². The van der Waals surface area contributed by atoms with Crippen molar-refractivity contribution < 1.29 is 18.0 Å². The maximum atomic E-state index is 13.0. The maximum Gasteiger partial charge on any atom is 0.417 e. The highest BCUT2D eigenvalue weighted by Crippen LogP contribution is 2.32. The first-order valence-corrected chi connectivity index (χ1v) is 5.71. The van der Waals surface area contributed by atoms with Crippen molar-refractivity contribution in [2.75, 3.05) is 0 Å². The minimum atomic E-state index is -4.68. The number of primary amides is 1. The number of carbonyl (C=O) groups is 1. The molecule has 0 saturated heterocycles. The fourth-order valence-corrected chi connectivity index (χ4v) is 2.11. The van der Waals surface area contributed by atoms with Gasteiger partial charge in [0.2, 0.25) is 0 Å². The van der Waals surface area contributed by atoms with Gasteiger partial charge in [0.05, 0.1) is 16.5 Å². The van der Waals surface area contributed by atoms with Crippen molar-refractivity contribution in [3.05, 3.63) is 45.9 Å². The summed E-state index contributed by atoms with van der Waals surface area (Å²) < 4.78 is 39.6. The maximum absolute atomic E-state index is 13.0. The van der Waals surface area contributed by atoms with Crippen LogP contribution in [0.4, 0.5) is 13.2 Å². The quantitative estimate of drug-likeness (QED) is 0.708. The number of benzene rings is 1. The van der Waals surface area contributed by atoms with Gasteiger partial charge in [-0.25, -0.2) is 0 Å². The summed E-state index contributed by atoms with van der Waals surface area (Å²) in [6.07, 6.45) is -4.68. The first-order valence-electron chi connectivity index (χ1n) is 5.71. The summed E-state index contributed by atoms with van der Waals surface area (Å²) in [5.74, 6) is -0.883. The van der Waals surface area contributed by atoms with Crippen LogP contribution in [0.25, 0.3) is 16.6 Å². The van der Waals surface area contributed by atoms with Gasteiger partial charge >= 0.3 is 6.18 Å². The van der Waals surface area contributed by atoms with Crippen LogP contribution in [0.5, 0.6) is 0 Å². The lowest BCUT2D eigenvalue weighted by Gasteiger charge is -2.09. The minimum Gasteiger partial charge on any atom is -0.364 e. The predicted octanol–water partition coefficient (Wildman–Crippen LogP) is 1.29. The second kappa shape index (κ2) is 4.08. The molecule has 0 bridgehead atoms. The molecule has 2 heterocycles. The Balaban J connectivity index is 2.49. The molecular weight excluding hydrogens is 289 g/mol. The number of hydrogen-bond acceptors (Lipinski definition) is 3. The predicted molar refractivity (Wildman–Crippen MR) is 66.8 cm³/mol. The van der Waals surface area contributed by atoms with Crippen LogP contribution < -0.4 is 11.3 Å². The van der Waals surface area contributed by atoms with Gasteiger partial charge in [0.1, 0.15) is 5.65 Å². The molecule has 0 radical (unpaired) electrons. The van der Waals surface area contributed by atoms with E-state index in [1.807, 2.05) is 0 Å². The fourth-order valence-electron chi connectivity index (χ4n) is 2.11. The summed E-state index contributed by atoms with van der Waals surface area (Å²) in [4.78, 5) is 25.9. The zero-order valence-corrected chi connectivity index (χ0v) is 10.2. The number of nitrogens with one attached hydrogen (secondary N) is 1. The van der Waals surface area contributed by atoms with E-state index in [2.05, 4.69) is 10.1 Å². The van der Waals surface area contributed by atoms with Gasteiger partial charge in [0, 0.05) is 6.07 Å². The number of nitrogens with zero attached hydrogens (tertiary/aromatic N) is 2. The zero-order chi connectivity index (χ0) is 15.4. The smallest absolute Gasteiger partial charge is 0.364 e. The monoisotopic (exact) mass is 296 g/mol. The van der Waals surface area contributed by atoms with E-state index in [1.165, 1.54) is 18.2 Å². The second-order valence-electron chi connectivity index (χ2n) is 4.35. The fraction of sp³-hybridized carbons (Fsp3) is 0.0833. The highest BCUT2D eigenvalue weighted by atomic mass is 19.4. The highest BCUT2D eigenvalue weighted by Gasteiger charge is 2.34. The standard InChI is InChI=1S/C12H7F3N4O2/c13-12(14,15)5-2-1-3-6-9(5)11(21)19-8(17-6)4-7(18-19)10(16)20/h1-4,17H,(H2,16,20). The normalized spacial score (nSPS) is 12.1. The van der Waals surface area contributed by atoms with Crippen LogP contribution in [0, 0.1) is 0 Å². The Morgan fingerprint density at radius 3 is 2.67 bits per heavy atom. The molecule has 6 nitrogen and oxygen atoms in total. The van der Waals surface area contributed by atoms with Crippen LogP contribution in [-0.4, -0.2) is 20.5 Å². The van der Waals surface area contributed by atoms with Gasteiger partial charge in [0.25, 0.3) is 11.5 Å². The number of H-pyrrole nitrogens is 1. The van der Waals surface area contributed by atoms with Gasteiger partial charge in [-0.05, 0) is 12.1 Å². The van der Waals surface area contributed by atoms with Gasteiger partial charge in [-0.15, -0.1) is 0 Å². The van der Waals surface area contributed by atoms with Crippen LogP contribution in [-0.2, 0) is 6.18 Å². The van der Waals surface area contributed by atoms with Gasteiger partial charge < -0.3 is 10.7 Å². The Morgan fingerprint density at radius 1 is 1.33 bits per heavy atom. The molecule has 0 aliphatic carbocycles. The molecule has 2 aromatic heterocycles. The molecule has 0 atom stereocenters. The lowest BCUT2D eigenvalue weighted by atomic mass is 10.1. The lowest BCUT2D eigenvalue weighted by Crippen LogP contribution is -2.20. The molecule has 9 heteroatoms. The second-order valence-corrected chi connectivity index (χ2v) is 4.35. The number of alkyl halides is 3. The van der Waals surface area contributed by atoms with Crippen molar-refractivity contribution in [1.29, 1.82) is 0 Å². The van der Waals surface area contributed by atoms with Crippen molar-refractivity contribution in [2.45, 2.75) is 6.18 Å². The van der Waals surface area contributed by atoms with Crippen LogP contribution in [0.15, 0.2) is 29.1 Å². The third-order valence-corrected chi connectivity index (χ3v) is 3.00. The molecule has 3 rings (SSSR count). The molecule has 1 aromatic carbocycles. The summed E-state index contributed by atoms with van der Waals surface area (Å²) in [7, 11) is 0. The van der Waals surface area contributed by atoms with E-state index >= 15 is 0 Å². The third-order valence-electron chi connectivity index (χ3n) is 3.00. The van der Waals surface area contributed by atoms with Gasteiger partial charge in [-0.3, -0.25) is 9.59 Å². The summed E-state index contributed by atoms with van der Waals surface area (Å²) >= 11 is 0. The van der Waals surface area contributed by atoms with E-state index in [4.69, 9.17) is 5.73 Å². The van der Waals surface area contributed by atoms with Crippen molar-refractivity contribution in [2.24, 2.45) is 5.73 Å². The first-order chi connectivity index (χ1) is 9.79. The molecule has 0 spiro atoms. The van der Waals surface area contributed by atoms with Gasteiger partial charge in [-0.2, -0.15) is 22.8 Å². The number of carbonyl (C=O) groups excluding carboxylic acids is 1. The van der Waals surface area contributed by atoms with Crippen molar-refractivity contribution in [1.82, 2.24) is 14.6 Å². The molecule has 0 saturated carbocycles. The molecule has 0 aliphatic heterocycles. The van der Waals surface area contributed by atoms with Crippen LogP contribution in [0.1, 0.15) is 16.1 Å². The van der Waals surface area contributed by atoms with E-state index in [9.17, 15) is 22.8 Å². The number of aromatic amines is 1. The minimum absolute atomic E-state index is 0.00162. The summed E-state index contributed by atoms with van der Waals surface area (Å²) in [6.45, 7) is 0. The Kier molecular flexibility index (Phi) is 2.55. The summed E-state index contributed by atoms with van der Waals surface area (Å²) in [6, 6.07) is 4.53. The molecule has 21 heavy (non-hydrogen) atoms. The lowest BCUT2D eigenvalue weighted by molar-refractivity contribution is -0.136. The Bertz CT molecular complexity index is 939. The Morgan fingerprint density at radius 2 is 2.05 bits per heavy atom.